The highest BCUT2D eigenvalue weighted by molar-refractivity contribution is 5.90. The topological polar surface area (TPSA) is 66.5 Å². The highest BCUT2D eigenvalue weighted by Gasteiger charge is 2.20. The van der Waals surface area contributed by atoms with Crippen molar-refractivity contribution in [2.75, 3.05) is 12.3 Å². The summed E-state index contributed by atoms with van der Waals surface area (Å²) in [4.78, 5) is 13.5. The number of aryl methyl sites for hydroxylation is 1. The first-order valence-corrected chi connectivity index (χ1v) is 12.2. The number of hydrogen-bond acceptors (Lipinski definition) is 4. The lowest BCUT2D eigenvalue weighted by molar-refractivity contribution is 0.216. The summed E-state index contributed by atoms with van der Waals surface area (Å²) >= 11 is 0. The van der Waals surface area contributed by atoms with E-state index in [0.717, 1.165) is 36.6 Å². The number of benzene rings is 1. The Labute approximate surface area is 187 Å². The Bertz CT molecular complexity index is 858. The van der Waals surface area contributed by atoms with Gasteiger partial charge in [0, 0.05) is 17.6 Å². The van der Waals surface area contributed by atoms with Gasteiger partial charge in [0.1, 0.15) is 0 Å². The van der Waals surface area contributed by atoms with Crippen LogP contribution in [0.15, 0.2) is 23.0 Å². The number of hydrogen-bond donors (Lipinski definition) is 1. The summed E-state index contributed by atoms with van der Waals surface area (Å²) in [7, 11) is 0. The Balaban J connectivity index is 2.36. The number of nitrogens with two attached hydrogens (primary N) is 1. The van der Waals surface area contributed by atoms with Crippen molar-refractivity contribution < 1.29 is 9.47 Å². The zero-order valence-electron chi connectivity index (χ0n) is 20.0. The first-order valence-electron chi connectivity index (χ1n) is 12.2. The molecule has 0 radical (unpaired) electrons. The van der Waals surface area contributed by atoms with Gasteiger partial charge in [-0.05, 0) is 44.9 Å². The van der Waals surface area contributed by atoms with Crippen LogP contribution in [0.2, 0.25) is 0 Å². The van der Waals surface area contributed by atoms with Crippen molar-refractivity contribution >= 4 is 16.6 Å². The summed E-state index contributed by atoms with van der Waals surface area (Å²) in [5, 5.41) is 0.894. The molecule has 0 spiro atoms. The molecule has 1 aromatic carbocycles. The maximum Gasteiger partial charge on any atom is 0.297 e. The largest absolute Gasteiger partial charge is 0.489 e. The molecule has 5 heteroatoms. The molecule has 0 aliphatic carbocycles. The normalized spacial score (nSPS) is 11.4. The fraction of sp³-hybridized carbons (Fsp3) is 0.654. The monoisotopic (exact) mass is 430 g/mol. The van der Waals surface area contributed by atoms with Crippen molar-refractivity contribution in [2.24, 2.45) is 0 Å². The molecule has 0 fully saturated rings. The summed E-state index contributed by atoms with van der Waals surface area (Å²) in [6.45, 7) is 9.53. The van der Waals surface area contributed by atoms with Crippen molar-refractivity contribution in [2.45, 2.75) is 105 Å². The third kappa shape index (κ3) is 7.48. The number of ether oxygens (including phenoxy) is 2. The average Bonchev–Trinajstić information content (AvgIpc) is 2.74. The number of rotatable bonds is 15. The van der Waals surface area contributed by atoms with E-state index in [9.17, 15) is 4.79 Å². The minimum absolute atomic E-state index is 0.108. The number of pyridine rings is 1. The van der Waals surface area contributed by atoms with E-state index < -0.39 is 0 Å². The molecule has 2 N–H and O–H groups in total. The van der Waals surface area contributed by atoms with Gasteiger partial charge in [0.05, 0.1) is 18.2 Å². The molecule has 0 aliphatic heterocycles. The molecule has 2 rings (SSSR count). The van der Waals surface area contributed by atoms with Crippen molar-refractivity contribution in [1.82, 2.24) is 4.57 Å². The molecule has 2 aromatic rings. The molecule has 0 aliphatic rings. The van der Waals surface area contributed by atoms with E-state index in [1.807, 2.05) is 36.6 Å². The van der Waals surface area contributed by atoms with E-state index in [-0.39, 0.29) is 11.7 Å². The van der Waals surface area contributed by atoms with Crippen molar-refractivity contribution in [3.8, 4) is 11.5 Å². The molecular weight excluding hydrogens is 388 g/mol. The van der Waals surface area contributed by atoms with E-state index in [0.29, 0.717) is 30.3 Å². The standard InChI is InChI=1S/C26H42N2O3/c1-5-7-9-11-12-13-17-28-23-19-21(27)15-16-22(23)24(30-18-14-10-8-6-2)25(26(28)29)31-20(3)4/h15-16,19-20H,5-14,17-18,27H2,1-4H3. The van der Waals surface area contributed by atoms with Crippen molar-refractivity contribution in [3.63, 3.8) is 0 Å². The first-order chi connectivity index (χ1) is 15.0. The van der Waals surface area contributed by atoms with E-state index >= 15 is 0 Å². The van der Waals surface area contributed by atoms with Crippen molar-refractivity contribution in [3.05, 3.63) is 28.6 Å². The molecule has 1 heterocycles. The van der Waals surface area contributed by atoms with E-state index in [1.165, 1.54) is 38.5 Å². The summed E-state index contributed by atoms with van der Waals surface area (Å²) < 4.78 is 14.0. The van der Waals surface area contributed by atoms with Gasteiger partial charge in [0.15, 0.2) is 5.75 Å². The number of unbranched alkanes of at least 4 members (excludes halogenated alkanes) is 8. The molecule has 174 valence electrons. The highest BCUT2D eigenvalue weighted by Crippen LogP contribution is 2.35. The molecule has 0 atom stereocenters. The average molecular weight is 431 g/mol. The van der Waals surface area contributed by atoms with Gasteiger partial charge >= 0.3 is 0 Å². The Morgan fingerprint density at radius 2 is 1.55 bits per heavy atom. The third-order valence-electron chi connectivity index (χ3n) is 5.54. The smallest absolute Gasteiger partial charge is 0.297 e. The maximum atomic E-state index is 13.5. The van der Waals surface area contributed by atoms with E-state index in [2.05, 4.69) is 13.8 Å². The predicted molar refractivity (Wildman–Crippen MR) is 131 cm³/mol. The minimum Gasteiger partial charge on any atom is -0.489 e. The lowest BCUT2D eigenvalue weighted by atomic mass is 10.1. The van der Waals surface area contributed by atoms with Gasteiger partial charge in [-0.2, -0.15) is 0 Å². The number of nitrogen functional groups attached to an aromatic ring is 1. The van der Waals surface area contributed by atoms with E-state index in [1.54, 1.807) is 0 Å². The third-order valence-corrected chi connectivity index (χ3v) is 5.54. The maximum absolute atomic E-state index is 13.5. The van der Waals surface area contributed by atoms with Crippen LogP contribution in [-0.2, 0) is 6.54 Å². The molecule has 0 bridgehead atoms. The molecule has 0 unspecified atom stereocenters. The second-order valence-electron chi connectivity index (χ2n) is 8.74. The second kappa shape index (κ2) is 13.3. The zero-order chi connectivity index (χ0) is 22.6. The fourth-order valence-electron chi connectivity index (χ4n) is 3.87. The molecular formula is C26H42N2O3. The SMILES string of the molecule is CCCCCCCCn1c(=O)c(OC(C)C)c(OCCCCCC)c2ccc(N)cc21. The van der Waals surface area contributed by atoms with Crippen LogP contribution in [0.4, 0.5) is 5.69 Å². The van der Waals surface area contributed by atoms with Crippen LogP contribution in [0.5, 0.6) is 11.5 Å². The Hall–Kier alpha value is -2.17. The molecule has 5 nitrogen and oxygen atoms in total. The number of anilines is 1. The van der Waals surface area contributed by atoms with Gasteiger partial charge in [0.2, 0.25) is 5.75 Å². The Kier molecular flexibility index (Phi) is 10.8. The van der Waals surface area contributed by atoms with E-state index in [4.69, 9.17) is 15.2 Å². The number of fused-ring (bicyclic) bond motifs is 1. The molecule has 0 amide bonds. The first kappa shape index (κ1) is 25.1. The molecule has 0 saturated heterocycles. The summed E-state index contributed by atoms with van der Waals surface area (Å²) in [6.07, 6.45) is 11.4. The van der Waals surface area contributed by atoms with Crippen LogP contribution in [0, 0.1) is 0 Å². The van der Waals surface area contributed by atoms with Crippen LogP contribution < -0.4 is 20.8 Å². The van der Waals surface area contributed by atoms with Crippen LogP contribution in [0.1, 0.15) is 91.9 Å². The van der Waals surface area contributed by atoms with Crippen LogP contribution >= 0.6 is 0 Å². The summed E-state index contributed by atoms with van der Waals surface area (Å²) in [6, 6.07) is 5.71. The van der Waals surface area contributed by atoms with Gasteiger partial charge in [-0.15, -0.1) is 0 Å². The molecule has 0 saturated carbocycles. The highest BCUT2D eigenvalue weighted by atomic mass is 16.5. The van der Waals surface area contributed by atoms with Gasteiger partial charge < -0.3 is 19.8 Å². The van der Waals surface area contributed by atoms with Gasteiger partial charge in [-0.25, -0.2) is 0 Å². The fourth-order valence-corrected chi connectivity index (χ4v) is 3.87. The predicted octanol–water partition coefficient (Wildman–Crippen LogP) is 6.69. The number of aromatic nitrogens is 1. The zero-order valence-corrected chi connectivity index (χ0v) is 20.0. The lowest BCUT2D eigenvalue weighted by Gasteiger charge is -2.20. The van der Waals surface area contributed by atoms with Gasteiger partial charge in [0.25, 0.3) is 5.56 Å². The Morgan fingerprint density at radius 3 is 2.23 bits per heavy atom. The van der Waals surface area contributed by atoms with Crippen LogP contribution in [-0.4, -0.2) is 17.3 Å². The molecule has 1 aromatic heterocycles. The van der Waals surface area contributed by atoms with Gasteiger partial charge in [-0.1, -0.05) is 65.2 Å². The summed E-state index contributed by atoms with van der Waals surface area (Å²) in [5.41, 5.74) is 7.45. The van der Waals surface area contributed by atoms with Crippen LogP contribution in [0.25, 0.3) is 10.9 Å². The number of nitrogens with zero attached hydrogens (tertiary/aromatic N) is 1. The van der Waals surface area contributed by atoms with Crippen molar-refractivity contribution in [1.29, 1.82) is 0 Å². The lowest BCUT2D eigenvalue weighted by Crippen LogP contribution is -2.25. The van der Waals surface area contributed by atoms with Gasteiger partial charge in [-0.3, -0.25) is 4.79 Å². The van der Waals surface area contributed by atoms with Crippen LogP contribution in [0.3, 0.4) is 0 Å². The minimum atomic E-state index is -0.121. The Morgan fingerprint density at radius 1 is 0.903 bits per heavy atom. The summed E-state index contributed by atoms with van der Waals surface area (Å²) in [5.74, 6) is 0.887. The quantitative estimate of drug-likeness (QED) is 0.252. The molecule has 31 heavy (non-hydrogen) atoms. The second-order valence-corrected chi connectivity index (χ2v) is 8.74.